The van der Waals surface area contributed by atoms with Crippen molar-refractivity contribution in [2.24, 2.45) is 0 Å². The van der Waals surface area contributed by atoms with Gasteiger partial charge in [-0.05, 0) is 11.8 Å². The van der Waals surface area contributed by atoms with E-state index in [0.717, 1.165) is 11.8 Å². The van der Waals surface area contributed by atoms with E-state index in [-0.39, 0.29) is 11.5 Å². The summed E-state index contributed by atoms with van der Waals surface area (Å²) in [7, 11) is 0. The Morgan fingerprint density at radius 2 is 2.70 bits per heavy atom. The molecule has 4 nitrogen and oxygen atoms in total. The van der Waals surface area contributed by atoms with Crippen molar-refractivity contribution in [2.75, 3.05) is 6.61 Å². The predicted octanol–water partition coefficient (Wildman–Crippen LogP) is 0.602. The number of aliphatic hydroxyl groups is 1. The van der Waals surface area contributed by atoms with Gasteiger partial charge in [0.1, 0.15) is 0 Å². The van der Waals surface area contributed by atoms with Crippen molar-refractivity contribution in [1.29, 1.82) is 0 Å². The second kappa shape index (κ2) is 3.03. The highest BCUT2D eigenvalue weighted by Crippen LogP contribution is 2.31. The van der Waals surface area contributed by atoms with Gasteiger partial charge < -0.3 is 5.11 Å². The number of aliphatic hydroxyl groups excluding tert-OH is 1. The summed E-state index contributed by atoms with van der Waals surface area (Å²) in [6.07, 6.45) is 2.14. The van der Waals surface area contributed by atoms with Crippen LogP contribution in [-0.4, -0.2) is 22.0 Å². The smallest absolute Gasteiger partial charge is 0.265 e. The van der Waals surface area contributed by atoms with E-state index in [2.05, 4.69) is 0 Å². The van der Waals surface area contributed by atoms with E-state index in [4.69, 9.17) is 5.11 Å². The Bertz CT molecular complexity index is 180. The van der Waals surface area contributed by atoms with Crippen molar-refractivity contribution >= 4 is 11.8 Å². The number of hydrogen-bond acceptors (Lipinski definition) is 4. The molecule has 1 aliphatic rings. The lowest BCUT2D eigenvalue weighted by atomic mass is 10.4. The van der Waals surface area contributed by atoms with Crippen molar-refractivity contribution in [3.05, 3.63) is 21.1 Å². The molecule has 5 heteroatoms. The van der Waals surface area contributed by atoms with Crippen LogP contribution in [0.3, 0.4) is 0 Å². The van der Waals surface area contributed by atoms with Crippen molar-refractivity contribution in [3.8, 4) is 0 Å². The zero-order chi connectivity index (χ0) is 7.56. The predicted molar refractivity (Wildman–Crippen MR) is 38.2 cm³/mol. The molecule has 0 bridgehead atoms. The molecule has 0 radical (unpaired) electrons. The van der Waals surface area contributed by atoms with Gasteiger partial charge >= 0.3 is 0 Å². The Morgan fingerprint density at radius 1 is 2.00 bits per heavy atom. The summed E-state index contributed by atoms with van der Waals surface area (Å²) in [4.78, 5) is 10.5. The minimum Gasteiger partial charge on any atom is -0.391 e. The molecule has 0 saturated carbocycles. The Morgan fingerprint density at radius 3 is 3.00 bits per heavy atom. The third-order valence-electron chi connectivity index (χ3n) is 1.23. The summed E-state index contributed by atoms with van der Waals surface area (Å²) in [6, 6.07) is 0. The van der Waals surface area contributed by atoms with E-state index in [1.165, 1.54) is 0 Å². The molecule has 0 saturated heterocycles. The highest BCUT2D eigenvalue weighted by Gasteiger charge is 2.26. The van der Waals surface area contributed by atoms with Crippen molar-refractivity contribution in [2.45, 2.75) is 11.8 Å². The van der Waals surface area contributed by atoms with Crippen LogP contribution in [0, 0.1) is 10.1 Å². The first-order valence-electron chi connectivity index (χ1n) is 2.84. The Labute approximate surface area is 62.1 Å². The lowest BCUT2D eigenvalue weighted by Gasteiger charge is -1.98. The summed E-state index contributed by atoms with van der Waals surface area (Å²) in [6.45, 7) is -0.0744. The molecule has 0 amide bonds. The average Bonchev–Trinajstić information content (AvgIpc) is 2.34. The normalized spacial score (nSPS) is 24.5. The van der Waals surface area contributed by atoms with Crippen LogP contribution < -0.4 is 0 Å². The molecule has 1 rings (SSSR count). The summed E-state index contributed by atoms with van der Waals surface area (Å²) < 4.78 is 0. The average molecular weight is 161 g/mol. The van der Waals surface area contributed by atoms with Crippen LogP contribution in [0.4, 0.5) is 0 Å². The number of nitrogens with zero attached hydrogens (tertiary/aromatic N) is 1. The van der Waals surface area contributed by atoms with E-state index in [0.29, 0.717) is 11.3 Å². The van der Waals surface area contributed by atoms with Gasteiger partial charge in [-0.1, -0.05) is 6.08 Å². The third-order valence-corrected chi connectivity index (χ3v) is 2.46. The summed E-state index contributed by atoms with van der Waals surface area (Å²) in [5.41, 5.74) is 0. The number of hydrogen-bond donors (Lipinski definition) is 1. The molecule has 0 spiro atoms. The molecule has 10 heavy (non-hydrogen) atoms. The molecule has 0 aromatic rings. The van der Waals surface area contributed by atoms with Gasteiger partial charge in [0, 0.05) is 16.2 Å². The first-order valence-corrected chi connectivity index (χ1v) is 3.72. The molecule has 0 fully saturated rings. The molecule has 0 aliphatic carbocycles. The molecule has 1 N–H and O–H groups in total. The number of nitro groups is 1. The van der Waals surface area contributed by atoms with E-state index >= 15 is 0 Å². The van der Waals surface area contributed by atoms with Crippen LogP contribution in [0.5, 0.6) is 0 Å². The van der Waals surface area contributed by atoms with Gasteiger partial charge in [-0.3, -0.25) is 10.1 Å². The molecular weight excluding hydrogens is 154 g/mol. The summed E-state index contributed by atoms with van der Waals surface area (Å²) in [5.74, 6) is 0. The summed E-state index contributed by atoms with van der Waals surface area (Å²) in [5, 5.41) is 18.1. The highest BCUT2D eigenvalue weighted by molar-refractivity contribution is 8.03. The summed E-state index contributed by atoms with van der Waals surface area (Å²) >= 11 is 1.13. The van der Waals surface area contributed by atoms with E-state index in [1.54, 1.807) is 6.08 Å². The second-order valence-electron chi connectivity index (χ2n) is 1.92. The molecule has 1 heterocycles. The van der Waals surface area contributed by atoms with Gasteiger partial charge in [-0.25, -0.2) is 0 Å². The Balaban J connectivity index is 2.43. The van der Waals surface area contributed by atoms with Crippen LogP contribution in [-0.2, 0) is 0 Å². The minimum atomic E-state index is -0.567. The molecule has 56 valence electrons. The van der Waals surface area contributed by atoms with Crippen LogP contribution >= 0.6 is 11.8 Å². The molecule has 1 unspecified atom stereocenters. The van der Waals surface area contributed by atoms with Crippen LogP contribution in [0.15, 0.2) is 11.0 Å². The van der Waals surface area contributed by atoms with Gasteiger partial charge in [-0.2, -0.15) is 0 Å². The first kappa shape index (κ1) is 7.56. The highest BCUT2D eigenvalue weighted by atomic mass is 32.2. The number of rotatable bonds is 2. The van der Waals surface area contributed by atoms with Crippen molar-refractivity contribution in [3.63, 3.8) is 0 Å². The van der Waals surface area contributed by atoms with Gasteiger partial charge in [0.05, 0.1) is 6.61 Å². The second-order valence-corrected chi connectivity index (χ2v) is 3.23. The fourth-order valence-corrected chi connectivity index (χ4v) is 1.63. The van der Waals surface area contributed by atoms with Crippen LogP contribution in [0.2, 0.25) is 0 Å². The zero-order valence-corrected chi connectivity index (χ0v) is 6.00. The lowest BCUT2D eigenvalue weighted by molar-refractivity contribution is -0.493. The minimum absolute atomic E-state index is 0.0744. The van der Waals surface area contributed by atoms with Crippen LogP contribution in [0.1, 0.15) is 6.42 Å². The quantitative estimate of drug-likeness (QED) is 0.476. The molecule has 1 atom stereocenters. The third kappa shape index (κ3) is 1.48. The monoisotopic (exact) mass is 161 g/mol. The van der Waals surface area contributed by atoms with E-state index in [9.17, 15) is 10.1 Å². The zero-order valence-electron chi connectivity index (χ0n) is 5.19. The van der Waals surface area contributed by atoms with Crippen molar-refractivity contribution in [1.82, 2.24) is 0 Å². The maximum absolute atomic E-state index is 10.1. The molecule has 0 aromatic heterocycles. The van der Waals surface area contributed by atoms with Gasteiger partial charge in [0.25, 0.3) is 5.37 Å². The topological polar surface area (TPSA) is 63.4 Å². The Hall–Kier alpha value is -0.550. The maximum atomic E-state index is 10.1. The van der Waals surface area contributed by atoms with E-state index in [1.807, 2.05) is 0 Å². The van der Waals surface area contributed by atoms with E-state index < -0.39 is 5.37 Å². The maximum Gasteiger partial charge on any atom is 0.265 e. The number of thioether (sulfide) groups is 1. The largest absolute Gasteiger partial charge is 0.391 e. The molecule has 0 aromatic carbocycles. The Kier molecular flexibility index (Phi) is 2.29. The molecule has 1 aliphatic heterocycles. The fourth-order valence-electron chi connectivity index (χ4n) is 0.734. The van der Waals surface area contributed by atoms with Gasteiger partial charge in [-0.15, -0.1) is 0 Å². The van der Waals surface area contributed by atoms with Crippen LogP contribution in [0.25, 0.3) is 0 Å². The van der Waals surface area contributed by atoms with Gasteiger partial charge in [0.2, 0.25) is 0 Å². The first-order chi connectivity index (χ1) is 4.74. The van der Waals surface area contributed by atoms with Crippen molar-refractivity contribution < 1.29 is 10.0 Å². The lowest BCUT2D eigenvalue weighted by Crippen LogP contribution is -2.10. The van der Waals surface area contributed by atoms with Gasteiger partial charge in [0.15, 0.2) is 0 Å². The molecular formula is C5H7NO3S. The fraction of sp³-hybridized carbons (Fsp3) is 0.600. The SMILES string of the molecule is O=[N+]([O-])C1CC=C(CO)S1. The standard InChI is InChI=1S/C5H7NO3S/c7-3-4-1-2-5(10-4)6(8)9/h1,5,7H,2-3H2.